The van der Waals surface area contributed by atoms with E-state index in [1.807, 2.05) is 72.5 Å². The van der Waals surface area contributed by atoms with Crippen LogP contribution in [0.3, 0.4) is 0 Å². The maximum Gasteiger partial charge on any atom is 0.259 e. The second kappa shape index (κ2) is 12.7. The van der Waals surface area contributed by atoms with Crippen LogP contribution in [0.2, 0.25) is 0 Å². The number of piperidine rings is 1. The summed E-state index contributed by atoms with van der Waals surface area (Å²) in [5.41, 5.74) is 5.70. The number of hydrogen-bond acceptors (Lipinski definition) is 4. The van der Waals surface area contributed by atoms with Gasteiger partial charge in [0.1, 0.15) is 0 Å². The zero-order valence-electron chi connectivity index (χ0n) is 23.0. The third-order valence-corrected chi connectivity index (χ3v) is 8.17. The minimum absolute atomic E-state index is 0. The summed E-state index contributed by atoms with van der Waals surface area (Å²) in [6.45, 7) is 2.81. The van der Waals surface area contributed by atoms with Crippen LogP contribution in [-0.4, -0.2) is 43.9 Å². The number of carbonyl (C=O) groups is 2. The fourth-order valence-corrected chi connectivity index (χ4v) is 6.29. The van der Waals surface area contributed by atoms with E-state index < -0.39 is 0 Å². The van der Waals surface area contributed by atoms with Crippen molar-refractivity contribution in [3.8, 4) is 0 Å². The molecular weight excluding hydrogens is 593 g/mol. The van der Waals surface area contributed by atoms with E-state index >= 15 is 0 Å². The molecule has 0 atom stereocenters. The molecule has 2 amide bonds. The standard InChI is InChI=1S/C32H29N5O2.3ClH/c1-35-19-25(23-9-2-4-11-27(23)35)29-30(32(39)34-31(29)38)26-20-37(28-12-5-3-10-24(26)28)22-13-16-36(17-14-22)18-21-8-6-7-15-33-21;;;/h2-12,15,19-20,22H,13-14,16-18H2,1H3,(H,34,38,39);3*1H. The number of para-hydroxylation sites is 2. The third kappa shape index (κ3) is 5.34. The average Bonchev–Trinajstić information content (AvgIpc) is 3.60. The van der Waals surface area contributed by atoms with Gasteiger partial charge in [-0.1, -0.05) is 42.5 Å². The highest BCUT2D eigenvalue weighted by Crippen LogP contribution is 2.40. The Morgan fingerprint density at radius 1 is 0.762 bits per heavy atom. The topological polar surface area (TPSA) is 72.2 Å². The molecule has 3 aromatic heterocycles. The second-order valence-corrected chi connectivity index (χ2v) is 10.5. The molecule has 0 bridgehead atoms. The molecule has 2 aliphatic rings. The molecule has 2 aromatic carbocycles. The Bertz CT molecular complexity index is 1790. The maximum atomic E-state index is 13.3. The van der Waals surface area contributed by atoms with Gasteiger partial charge in [-0.15, -0.1) is 37.2 Å². The Morgan fingerprint density at radius 3 is 1.98 bits per heavy atom. The summed E-state index contributed by atoms with van der Waals surface area (Å²) in [7, 11) is 1.97. The molecule has 0 saturated carbocycles. The molecule has 1 N–H and O–H groups in total. The van der Waals surface area contributed by atoms with Crippen LogP contribution in [0.25, 0.3) is 33.0 Å². The predicted molar refractivity (Wildman–Crippen MR) is 174 cm³/mol. The molecular formula is C32H32Cl3N5O2. The Morgan fingerprint density at radius 2 is 1.33 bits per heavy atom. The summed E-state index contributed by atoms with van der Waals surface area (Å²) >= 11 is 0. The van der Waals surface area contributed by atoms with E-state index in [2.05, 4.69) is 44.2 Å². The van der Waals surface area contributed by atoms with Gasteiger partial charge in [0, 0.05) is 84.2 Å². The largest absolute Gasteiger partial charge is 0.350 e. The zero-order chi connectivity index (χ0) is 26.5. The number of hydrogen-bond donors (Lipinski definition) is 1. The predicted octanol–water partition coefficient (Wildman–Crippen LogP) is 6.20. The normalized spacial score (nSPS) is 15.8. The summed E-state index contributed by atoms with van der Waals surface area (Å²) in [5.74, 6) is -0.679. The van der Waals surface area contributed by atoms with Gasteiger partial charge in [-0.3, -0.25) is 24.8 Å². The van der Waals surface area contributed by atoms with Crippen LogP contribution in [0.1, 0.15) is 35.7 Å². The molecule has 218 valence electrons. The number of halogens is 3. The van der Waals surface area contributed by atoms with Gasteiger partial charge < -0.3 is 9.13 Å². The van der Waals surface area contributed by atoms with E-state index in [4.69, 9.17) is 0 Å². The molecule has 7 nitrogen and oxygen atoms in total. The van der Waals surface area contributed by atoms with Crippen molar-refractivity contribution in [3.05, 3.63) is 102 Å². The number of carbonyl (C=O) groups excluding carboxylic acids is 2. The monoisotopic (exact) mass is 623 g/mol. The molecule has 5 aromatic rings. The van der Waals surface area contributed by atoms with Crippen LogP contribution >= 0.6 is 37.2 Å². The Balaban J connectivity index is 0.00000135. The van der Waals surface area contributed by atoms with Gasteiger partial charge in [-0.05, 0) is 37.1 Å². The molecule has 0 unspecified atom stereocenters. The fourth-order valence-electron chi connectivity index (χ4n) is 6.29. The lowest BCUT2D eigenvalue weighted by Gasteiger charge is -2.33. The van der Waals surface area contributed by atoms with Gasteiger partial charge in [-0.2, -0.15) is 0 Å². The molecule has 5 heterocycles. The van der Waals surface area contributed by atoms with Crippen molar-refractivity contribution in [1.82, 2.24) is 24.3 Å². The van der Waals surface area contributed by atoms with E-state index in [0.29, 0.717) is 17.2 Å². The van der Waals surface area contributed by atoms with Gasteiger partial charge >= 0.3 is 0 Å². The zero-order valence-corrected chi connectivity index (χ0v) is 25.5. The Kier molecular flexibility index (Phi) is 9.48. The molecule has 1 fully saturated rings. The number of rotatable bonds is 5. The summed E-state index contributed by atoms with van der Waals surface area (Å²) < 4.78 is 4.33. The number of likely N-dealkylation sites (tertiary alicyclic amines) is 1. The highest BCUT2D eigenvalue weighted by Gasteiger charge is 2.36. The van der Waals surface area contributed by atoms with Gasteiger partial charge in [-0.25, -0.2) is 0 Å². The Labute approximate surface area is 262 Å². The molecule has 2 aliphatic heterocycles. The molecule has 0 spiro atoms. The first-order valence-corrected chi connectivity index (χ1v) is 13.4. The first-order chi connectivity index (χ1) is 19.1. The van der Waals surface area contributed by atoms with Crippen LogP contribution < -0.4 is 5.32 Å². The van der Waals surface area contributed by atoms with Crippen molar-refractivity contribution in [2.24, 2.45) is 7.05 Å². The molecule has 1 saturated heterocycles. The SMILES string of the molecule is Cl.Cl.Cl.Cn1cc(C2=C(c3cn(C4CCN(Cc5ccccn5)CC4)c4ccccc34)C(=O)NC2=O)c2ccccc21. The van der Waals surface area contributed by atoms with Gasteiger partial charge in [0.05, 0.1) is 16.8 Å². The minimum Gasteiger partial charge on any atom is -0.350 e. The molecule has 10 heteroatoms. The number of pyridine rings is 1. The van der Waals surface area contributed by atoms with Crippen LogP contribution in [0.4, 0.5) is 0 Å². The van der Waals surface area contributed by atoms with Gasteiger partial charge in [0.25, 0.3) is 11.8 Å². The summed E-state index contributed by atoms with van der Waals surface area (Å²) in [6.07, 6.45) is 7.91. The highest BCUT2D eigenvalue weighted by molar-refractivity contribution is 6.50. The number of nitrogens with one attached hydrogen (secondary N) is 1. The van der Waals surface area contributed by atoms with Crippen molar-refractivity contribution in [3.63, 3.8) is 0 Å². The quantitative estimate of drug-likeness (QED) is 0.237. The number of aryl methyl sites for hydroxylation is 1. The molecule has 0 radical (unpaired) electrons. The number of imide groups is 1. The first-order valence-electron chi connectivity index (χ1n) is 13.4. The smallest absolute Gasteiger partial charge is 0.259 e. The van der Waals surface area contributed by atoms with Crippen LogP contribution in [0, 0.1) is 0 Å². The van der Waals surface area contributed by atoms with Gasteiger partial charge in [0.15, 0.2) is 0 Å². The number of fused-ring (bicyclic) bond motifs is 2. The number of aromatic nitrogens is 3. The van der Waals surface area contributed by atoms with Crippen molar-refractivity contribution in [1.29, 1.82) is 0 Å². The second-order valence-electron chi connectivity index (χ2n) is 10.5. The highest BCUT2D eigenvalue weighted by atomic mass is 35.5. The van der Waals surface area contributed by atoms with Crippen molar-refractivity contribution in [2.75, 3.05) is 13.1 Å². The molecule has 42 heavy (non-hydrogen) atoms. The summed E-state index contributed by atoms with van der Waals surface area (Å²) in [5, 5.41) is 4.54. The van der Waals surface area contributed by atoms with E-state index in [9.17, 15) is 9.59 Å². The van der Waals surface area contributed by atoms with Gasteiger partial charge in [0.2, 0.25) is 0 Å². The van der Waals surface area contributed by atoms with Crippen molar-refractivity contribution in [2.45, 2.75) is 25.4 Å². The first kappa shape index (κ1) is 31.3. The van der Waals surface area contributed by atoms with E-state index in [-0.39, 0.29) is 49.0 Å². The van der Waals surface area contributed by atoms with Crippen LogP contribution in [0.15, 0.2) is 85.3 Å². The lowest BCUT2D eigenvalue weighted by atomic mass is 9.95. The van der Waals surface area contributed by atoms with E-state index in [1.54, 1.807) is 0 Å². The lowest BCUT2D eigenvalue weighted by Crippen LogP contribution is -2.34. The maximum absolute atomic E-state index is 13.3. The number of nitrogens with zero attached hydrogens (tertiary/aromatic N) is 4. The van der Waals surface area contributed by atoms with Crippen molar-refractivity contribution >= 4 is 82.0 Å². The molecule has 7 rings (SSSR count). The lowest BCUT2D eigenvalue weighted by molar-refractivity contribution is -0.122. The van der Waals surface area contributed by atoms with Crippen molar-refractivity contribution < 1.29 is 9.59 Å². The van der Waals surface area contributed by atoms with E-state index in [1.165, 1.54) is 0 Å². The fraction of sp³-hybridized carbons (Fsp3) is 0.219. The average molecular weight is 625 g/mol. The summed E-state index contributed by atoms with van der Waals surface area (Å²) in [6, 6.07) is 22.6. The van der Waals surface area contributed by atoms with Crippen LogP contribution in [-0.2, 0) is 23.2 Å². The number of amides is 2. The Hall–Kier alpha value is -3.62. The third-order valence-electron chi connectivity index (χ3n) is 8.17. The minimum atomic E-state index is -0.342. The summed E-state index contributed by atoms with van der Waals surface area (Å²) in [4.78, 5) is 33.5. The van der Waals surface area contributed by atoms with Crippen LogP contribution in [0.5, 0.6) is 0 Å². The van der Waals surface area contributed by atoms with E-state index in [0.717, 1.165) is 71.1 Å². The number of benzene rings is 2. The molecule has 0 aliphatic carbocycles.